The van der Waals surface area contributed by atoms with Gasteiger partial charge in [-0.2, -0.15) is 0 Å². The molecule has 9 heteroatoms. The molecule has 0 heterocycles. The molecule has 0 aromatic heterocycles. The number of carbonyl (C=O) groups excluding carboxylic acids is 1. The summed E-state index contributed by atoms with van der Waals surface area (Å²) in [6, 6.07) is -0.795. The molecule has 1 amide bonds. The van der Waals surface area contributed by atoms with Crippen LogP contribution in [0.1, 0.15) is 322 Å². The molecule has 408 valence electrons. The number of rotatable bonds is 57. The van der Waals surface area contributed by atoms with Crippen LogP contribution in [0.25, 0.3) is 0 Å². The zero-order valence-electron chi connectivity index (χ0n) is 46.6. The summed E-state index contributed by atoms with van der Waals surface area (Å²) in [6.45, 7) is 4.79. The van der Waals surface area contributed by atoms with E-state index in [2.05, 4.69) is 19.2 Å². The Morgan fingerprint density at radius 1 is 0.456 bits per heavy atom. The van der Waals surface area contributed by atoms with Gasteiger partial charge in [-0.3, -0.25) is 9.36 Å². The van der Waals surface area contributed by atoms with E-state index in [-0.39, 0.29) is 19.1 Å². The van der Waals surface area contributed by atoms with Gasteiger partial charge in [0.05, 0.1) is 39.9 Å². The van der Waals surface area contributed by atoms with Crippen LogP contribution in [0, 0.1) is 0 Å². The molecule has 0 radical (unpaired) electrons. The number of likely N-dealkylation sites (N-methyl/N-ethyl adjacent to an activating group) is 1. The van der Waals surface area contributed by atoms with Crippen molar-refractivity contribution in [3.63, 3.8) is 0 Å². The first-order valence-corrected chi connectivity index (χ1v) is 31.8. The van der Waals surface area contributed by atoms with E-state index in [4.69, 9.17) is 9.05 Å². The van der Waals surface area contributed by atoms with E-state index in [1.165, 1.54) is 257 Å². The lowest BCUT2D eigenvalue weighted by molar-refractivity contribution is -0.870. The molecule has 0 spiro atoms. The third kappa shape index (κ3) is 53.3. The van der Waals surface area contributed by atoms with Crippen LogP contribution in [0.5, 0.6) is 0 Å². The molecule has 3 atom stereocenters. The van der Waals surface area contributed by atoms with Gasteiger partial charge in [-0.05, 0) is 12.8 Å². The van der Waals surface area contributed by atoms with Gasteiger partial charge in [-0.25, -0.2) is 0 Å². The third-order valence-electron chi connectivity index (χ3n) is 14.3. The Morgan fingerprint density at radius 3 is 1.00 bits per heavy atom. The molecule has 3 unspecified atom stereocenters. The van der Waals surface area contributed by atoms with E-state index in [1.54, 1.807) is 0 Å². The number of nitrogens with one attached hydrogen (secondary N) is 1. The van der Waals surface area contributed by atoms with Crippen LogP contribution in [0.4, 0.5) is 0 Å². The average molecular weight is 986 g/mol. The summed E-state index contributed by atoms with van der Waals surface area (Å²) in [5.74, 6) is -0.155. The second-order valence-electron chi connectivity index (χ2n) is 22.4. The summed E-state index contributed by atoms with van der Waals surface area (Å²) in [5, 5.41) is 14.1. The van der Waals surface area contributed by atoms with Crippen molar-refractivity contribution < 1.29 is 32.9 Å². The number of amides is 1. The van der Waals surface area contributed by atoms with Gasteiger partial charge in [0.2, 0.25) is 5.91 Å². The number of unbranched alkanes of at least 4 members (excludes halogenated alkanes) is 44. The number of nitrogens with zero attached hydrogens (tertiary/aromatic N) is 1. The standard InChI is InChI=1S/C59H121N2O6P/c1-6-8-10-12-14-16-18-20-22-24-26-28-30-32-34-36-38-40-42-44-46-48-50-52-58(62)57(56-67-68(64,65)66-55-54-61(3,4)5)60-59(63)53-51-49-47-45-43-41-39-37-35-33-31-29-27-25-23-21-19-17-15-13-11-9-7-2/h57-58,62H,6-56H2,1-5H3,(H-,60,63,64,65). The Balaban J connectivity index is 4.10. The molecule has 0 rings (SSSR count). The molecule has 2 N–H and O–H groups in total. The first kappa shape index (κ1) is 67.5. The second kappa shape index (κ2) is 51.4. The Kier molecular flexibility index (Phi) is 51.0. The molecule has 68 heavy (non-hydrogen) atoms. The number of hydrogen-bond acceptors (Lipinski definition) is 6. The largest absolute Gasteiger partial charge is 0.756 e. The van der Waals surface area contributed by atoms with Crippen molar-refractivity contribution in [2.75, 3.05) is 40.9 Å². The van der Waals surface area contributed by atoms with Gasteiger partial charge in [-0.15, -0.1) is 0 Å². The van der Waals surface area contributed by atoms with Crippen LogP contribution in [0.15, 0.2) is 0 Å². The predicted molar refractivity (Wildman–Crippen MR) is 293 cm³/mol. The number of phosphoric acid groups is 1. The van der Waals surface area contributed by atoms with Crippen molar-refractivity contribution in [2.45, 2.75) is 334 Å². The maximum absolute atomic E-state index is 13.0. The van der Waals surface area contributed by atoms with E-state index in [0.29, 0.717) is 23.9 Å². The molecule has 0 aliphatic carbocycles. The Labute approximate surface area is 425 Å². The highest BCUT2D eigenvalue weighted by Crippen LogP contribution is 2.38. The lowest BCUT2D eigenvalue weighted by Crippen LogP contribution is -2.46. The minimum Gasteiger partial charge on any atom is -0.756 e. The van der Waals surface area contributed by atoms with Gasteiger partial charge < -0.3 is 28.8 Å². The van der Waals surface area contributed by atoms with Gasteiger partial charge in [-0.1, -0.05) is 303 Å². The van der Waals surface area contributed by atoms with Crippen molar-refractivity contribution in [3.05, 3.63) is 0 Å². The number of carbonyl (C=O) groups is 1. The molecular formula is C59H121N2O6P. The molecule has 0 saturated carbocycles. The maximum atomic E-state index is 13.0. The molecule has 0 aliphatic rings. The molecular weight excluding hydrogens is 864 g/mol. The van der Waals surface area contributed by atoms with Crippen molar-refractivity contribution in [1.82, 2.24) is 5.32 Å². The van der Waals surface area contributed by atoms with Gasteiger partial charge in [0.1, 0.15) is 13.2 Å². The van der Waals surface area contributed by atoms with Crippen LogP contribution in [-0.4, -0.2) is 68.5 Å². The molecule has 8 nitrogen and oxygen atoms in total. The van der Waals surface area contributed by atoms with E-state index in [1.807, 2.05) is 21.1 Å². The summed E-state index contributed by atoms with van der Waals surface area (Å²) >= 11 is 0. The van der Waals surface area contributed by atoms with Crippen LogP contribution < -0.4 is 10.2 Å². The quantitative estimate of drug-likeness (QED) is 0.0357. The Bertz CT molecular complexity index is 1070. The smallest absolute Gasteiger partial charge is 0.268 e. The highest BCUT2D eigenvalue weighted by molar-refractivity contribution is 7.45. The molecule has 0 aliphatic heterocycles. The van der Waals surface area contributed by atoms with Gasteiger partial charge in [0.15, 0.2) is 0 Å². The maximum Gasteiger partial charge on any atom is 0.268 e. The summed E-state index contributed by atoms with van der Waals surface area (Å²) in [6.07, 6.45) is 61.4. The lowest BCUT2D eigenvalue weighted by atomic mass is 10.0. The number of phosphoric ester groups is 1. The third-order valence-corrected chi connectivity index (χ3v) is 15.3. The zero-order chi connectivity index (χ0) is 49.9. The average Bonchev–Trinajstić information content (AvgIpc) is 3.30. The molecule has 0 aromatic rings. The minimum atomic E-state index is -4.57. The molecule has 0 fully saturated rings. The van der Waals surface area contributed by atoms with Crippen LogP contribution in [0.2, 0.25) is 0 Å². The van der Waals surface area contributed by atoms with Gasteiger partial charge >= 0.3 is 0 Å². The number of hydrogen-bond donors (Lipinski definition) is 2. The molecule has 0 bridgehead atoms. The van der Waals surface area contributed by atoms with E-state index in [0.717, 1.165) is 38.5 Å². The summed E-state index contributed by atoms with van der Waals surface area (Å²) in [4.78, 5) is 25.6. The predicted octanol–water partition coefficient (Wildman–Crippen LogP) is 17.8. The van der Waals surface area contributed by atoms with Crippen molar-refractivity contribution in [3.8, 4) is 0 Å². The minimum absolute atomic E-state index is 0.0168. The molecule has 0 aromatic carbocycles. The first-order chi connectivity index (χ1) is 33.0. The summed E-state index contributed by atoms with van der Waals surface area (Å²) in [7, 11) is 1.33. The fourth-order valence-corrected chi connectivity index (χ4v) is 10.3. The SMILES string of the molecule is CCCCCCCCCCCCCCCCCCCCCCCCCC(=O)NC(COP(=O)([O-])OCC[N+](C)(C)C)C(O)CCCCCCCCCCCCCCCCCCCCCCCCC. The van der Waals surface area contributed by atoms with E-state index < -0.39 is 20.0 Å². The molecule has 0 saturated heterocycles. The van der Waals surface area contributed by atoms with E-state index in [9.17, 15) is 19.4 Å². The van der Waals surface area contributed by atoms with Crippen LogP contribution >= 0.6 is 7.82 Å². The van der Waals surface area contributed by atoms with Gasteiger partial charge in [0, 0.05) is 6.42 Å². The van der Waals surface area contributed by atoms with Crippen LogP contribution in [-0.2, 0) is 18.4 Å². The van der Waals surface area contributed by atoms with Crippen molar-refractivity contribution >= 4 is 13.7 Å². The highest BCUT2D eigenvalue weighted by Gasteiger charge is 2.24. The topological polar surface area (TPSA) is 108 Å². The normalized spacial score (nSPS) is 13.8. The van der Waals surface area contributed by atoms with Crippen LogP contribution in [0.3, 0.4) is 0 Å². The fourth-order valence-electron chi connectivity index (χ4n) is 9.57. The Hall–Kier alpha value is -0.500. The number of quaternary nitrogens is 1. The number of aliphatic hydroxyl groups excluding tert-OH is 1. The first-order valence-electron chi connectivity index (χ1n) is 30.4. The number of aliphatic hydroxyl groups is 1. The fraction of sp³-hybridized carbons (Fsp3) is 0.983. The summed E-state index contributed by atoms with van der Waals surface area (Å²) in [5.41, 5.74) is 0. The summed E-state index contributed by atoms with van der Waals surface area (Å²) < 4.78 is 23.5. The van der Waals surface area contributed by atoms with Crippen molar-refractivity contribution in [2.24, 2.45) is 0 Å². The lowest BCUT2D eigenvalue weighted by Gasteiger charge is -2.30. The highest BCUT2D eigenvalue weighted by atomic mass is 31.2. The van der Waals surface area contributed by atoms with Gasteiger partial charge in [0.25, 0.3) is 7.82 Å². The monoisotopic (exact) mass is 985 g/mol. The Morgan fingerprint density at radius 2 is 0.721 bits per heavy atom. The zero-order valence-corrected chi connectivity index (χ0v) is 47.5. The van der Waals surface area contributed by atoms with Crippen molar-refractivity contribution in [1.29, 1.82) is 0 Å². The van der Waals surface area contributed by atoms with E-state index >= 15 is 0 Å². The second-order valence-corrected chi connectivity index (χ2v) is 23.8.